The highest BCUT2D eigenvalue weighted by Crippen LogP contribution is 2.38. The van der Waals surface area contributed by atoms with E-state index in [-0.39, 0.29) is 37.0 Å². The van der Waals surface area contributed by atoms with Crippen LogP contribution in [0.15, 0.2) is 0 Å². The number of amides is 2. The van der Waals surface area contributed by atoms with E-state index >= 15 is 0 Å². The predicted octanol–water partition coefficient (Wildman–Crippen LogP) is 0.696. The number of nitrogens with one attached hydrogen (secondary N) is 2. The Morgan fingerprint density at radius 3 is 2.34 bits per heavy atom. The molecular weight excluding hydrogens is 463 g/mol. The van der Waals surface area contributed by atoms with Gasteiger partial charge in [-0.2, -0.15) is 0 Å². The number of phosphoric acid groups is 1. The largest absolute Gasteiger partial charge is 0.469 e. The fraction of sp³-hybridized carbons (Fsp3) is 0.842. The molecule has 0 aliphatic heterocycles. The number of thioether (sulfide) groups is 1. The lowest BCUT2D eigenvalue weighted by Crippen LogP contribution is -2.46. The summed E-state index contributed by atoms with van der Waals surface area (Å²) in [4.78, 5) is 53.1. The van der Waals surface area contributed by atoms with Crippen LogP contribution in [0.2, 0.25) is 0 Å². The van der Waals surface area contributed by atoms with E-state index in [1.54, 1.807) is 0 Å². The molecular formula is C19H37N2O9PS. The van der Waals surface area contributed by atoms with Gasteiger partial charge in [-0.1, -0.05) is 51.8 Å². The van der Waals surface area contributed by atoms with Crippen molar-refractivity contribution >= 4 is 36.5 Å². The van der Waals surface area contributed by atoms with Gasteiger partial charge < -0.3 is 30.6 Å². The Labute approximate surface area is 193 Å². The van der Waals surface area contributed by atoms with Crippen LogP contribution in [0.5, 0.6) is 0 Å². The zero-order chi connectivity index (χ0) is 24.8. The van der Waals surface area contributed by atoms with Gasteiger partial charge in [0, 0.05) is 37.1 Å². The number of carbonyl (C=O) groups excluding carboxylic acids is 3. The molecule has 2 atom stereocenters. The molecule has 0 aliphatic rings. The molecule has 13 heteroatoms. The Morgan fingerprint density at radius 2 is 1.75 bits per heavy atom. The lowest BCUT2D eigenvalue weighted by Gasteiger charge is -2.29. The van der Waals surface area contributed by atoms with E-state index in [2.05, 4.69) is 22.1 Å². The van der Waals surface area contributed by atoms with Crippen LogP contribution in [0.25, 0.3) is 0 Å². The van der Waals surface area contributed by atoms with E-state index in [1.807, 2.05) is 0 Å². The number of aliphatic hydroxyl groups is 2. The topological polar surface area (TPSA) is 182 Å². The zero-order valence-electron chi connectivity index (χ0n) is 18.9. The minimum Gasteiger partial charge on any atom is -0.393 e. The summed E-state index contributed by atoms with van der Waals surface area (Å²) in [5, 5.41) is 24.7. The molecule has 6 N–H and O–H groups in total. The van der Waals surface area contributed by atoms with Crippen molar-refractivity contribution in [2.24, 2.45) is 5.41 Å². The summed E-state index contributed by atoms with van der Waals surface area (Å²) in [6.07, 6.45) is 1.36. The third-order valence-electron chi connectivity index (χ3n) is 4.48. The molecule has 0 aromatic rings. The number of aliphatic hydroxyl groups excluding tert-OH is 2. The number of hydrogen-bond acceptors (Lipinski definition) is 8. The Hall–Kier alpha value is -1.01. The second-order valence-electron chi connectivity index (χ2n) is 8.12. The maximum atomic E-state index is 12.0. The Morgan fingerprint density at radius 1 is 1.09 bits per heavy atom. The summed E-state index contributed by atoms with van der Waals surface area (Å²) in [5.74, 6) is -0.780. The van der Waals surface area contributed by atoms with Gasteiger partial charge in [0.05, 0.1) is 12.7 Å². The molecule has 0 rings (SSSR count). The number of hydrogen-bond donors (Lipinski definition) is 6. The zero-order valence-corrected chi connectivity index (χ0v) is 20.6. The number of phosphoric ester groups is 1. The van der Waals surface area contributed by atoms with Crippen LogP contribution in [-0.2, 0) is 23.5 Å². The fourth-order valence-corrected chi connectivity index (χ4v) is 3.75. The van der Waals surface area contributed by atoms with Gasteiger partial charge in [-0.15, -0.1) is 0 Å². The normalized spacial score (nSPS) is 14.0. The standard InChI is InChI=1S/C19H37N2O9PS/c1-4-5-6-7-14(22)12-16(24)32-11-10-20-15(23)8-9-21-18(26)17(25)19(2,3)13-30-31(27,28)29/h14,17,22,25H,4-13H2,1-3H3,(H,20,23)(H,21,26)(H2,27,28,29)/t14-,17-/m1/s1. The average Bonchev–Trinajstić information content (AvgIpc) is 2.68. The molecule has 2 amide bonds. The maximum Gasteiger partial charge on any atom is 0.469 e. The van der Waals surface area contributed by atoms with Crippen molar-refractivity contribution in [1.29, 1.82) is 0 Å². The first-order chi connectivity index (χ1) is 14.8. The average molecular weight is 501 g/mol. The van der Waals surface area contributed by atoms with E-state index < -0.39 is 38.0 Å². The minimum absolute atomic E-state index is 0.0484. The Balaban J connectivity index is 4.02. The van der Waals surface area contributed by atoms with Crippen LogP contribution in [0.4, 0.5) is 0 Å². The Kier molecular flexibility index (Phi) is 15.3. The van der Waals surface area contributed by atoms with Crippen LogP contribution in [0.3, 0.4) is 0 Å². The quantitative estimate of drug-likeness (QED) is 0.123. The maximum absolute atomic E-state index is 12.0. The highest BCUT2D eigenvalue weighted by atomic mass is 32.2. The smallest absolute Gasteiger partial charge is 0.393 e. The summed E-state index contributed by atoms with van der Waals surface area (Å²) in [7, 11) is -4.73. The van der Waals surface area contributed by atoms with Crippen molar-refractivity contribution in [3.63, 3.8) is 0 Å². The van der Waals surface area contributed by atoms with E-state index in [9.17, 15) is 29.2 Å². The van der Waals surface area contributed by atoms with Crippen molar-refractivity contribution < 1.29 is 43.5 Å². The molecule has 0 fully saturated rings. The van der Waals surface area contributed by atoms with Crippen molar-refractivity contribution in [2.75, 3.05) is 25.4 Å². The number of rotatable bonds is 17. The van der Waals surface area contributed by atoms with Crippen LogP contribution >= 0.6 is 19.6 Å². The molecule has 0 aromatic heterocycles. The first kappa shape index (κ1) is 31.0. The molecule has 32 heavy (non-hydrogen) atoms. The van der Waals surface area contributed by atoms with Crippen molar-refractivity contribution in [3.05, 3.63) is 0 Å². The van der Waals surface area contributed by atoms with Gasteiger partial charge in [-0.05, 0) is 6.42 Å². The summed E-state index contributed by atoms with van der Waals surface area (Å²) >= 11 is 1.04. The van der Waals surface area contributed by atoms with Gasteiger partial charge in [-0.3, -0.25) is 18.9 Å². The SMILES string of the molecule is CCCCC[C@@H](O)CC(=O)SCCNC(=O)CCNC(=O)[C@@H](O)C(C)(C)COP(=O)(O)O. The van der Waals surface area contributed by atoms with E-state index in [1.165, 1.54) is 13.8 Å². The van der Waals surface area contributed by atoms with E-state index in [0.29, 0.717) is 12.2 Å². The highest BCUT2D eigenvalue weighted by molar-refractivity contribution is 8.13. The third-order valence-corrected chi connectivity index (χ3v) is 5.84. The van der Waals surface area contributed by atoms with E-state index in [4.69, 9.17) is 9.79 Å². The summed E-state index contributed by atoms with van der Waals surface area (Å²) in [5.41, 5.74) is -1.26. The summed E-state index contributed by atoms with van der Waals surface area (Å²) < 4.78 is 15.1. The van der Waals surface area contributed by atoms with Gasteiger partial charge in [0.2, 0.25) is 11.8 Å². The second kappa shape index (κ2) is 15.8. The molecule has 188 valence electrons. The monoisotopic (exact) mass is 500 g/mol. The molecule has 0 bridgehead atoms. The number of carbonyl (C=O) groups is 3. The van der Waals surface area contributed by atoms with Gasteiger partial charge >= 0.3 is 7.82 Å². The molecule has 0 saturated heterocycles. The first-order valence-corrected chi connectivity index (χ1v) is 13.1. The molecule has 0 unspecified atom stereocenters. The summed E-state index contributed by atoms with van der Waals surface area (Å²) in [6, 6.07) is 0. The van der Waals surface area contributed by atoms with Gasteiger partial charge in [0.15, 0.2) is 5.12 Å². The molecule has 0 aliphatic carbocycles. The van der Waals surface area contributed by atoms with Crippen molar-refractivity contribution in [3.8, 4) is 0 Å². The van der Waals surface area contributed by atoms with Crippen molar-refractivity contribution in [2.45, 2.75) is 71.5 Å². The van der Waals surface area contributed by atoms with Crippen LogP contribution in [-0.4, -0.2) is 74.6 Å². The number of unbranched alkanes of at least 4 members (excludes halogenated alkanes) is 2. The molecule has 0 radical (unpaired) electrons. The molecule has 0 heterocycles. The van der Waals surface area contributed by atoms with E-state index in [0.717, 1.165) is 31.0 Å². The Bertz CT molecular complexity index is 642. The third kappa shape index (κ3) is 15.7. The lowest BCUT2D eigenvalue weighted by molar-refractivity contribution is -0.137. The molecule has 0 aromatic carbocycles. The van der Waals surface area contributed by atoms with Gasteiger partial charge in [0.25, 0.3) is 0 Å². The molecule has 0 spiro atoms. The highest BCUT2D eigenvalue weighted by Gasteiger charge is 2.35. The minimum atomic E-state index is -4.73. The van der Waals surface area contributed by atoms with Crippen LogP contribution < -0.4 is 10.6 Å². The molecule has 11 nitrogen and oxygen atoms in total. The second-order valence-corrected chi connectivity index (χ2v) is 10.5. The molecule has 0 saturated carbocycles. The fourth-order valence-electron chi connectivity index (χ4n) is 2.51. The summed E-state index contributed by atoms with van der Waals surface area (Å²) in [6.45, 7) is 4.54. The predicted molar refractivity (Wildman–Crippen MR) is 121 cm³/mol. The van der Waals surface area contributed by atoms with Gasteiger partial charge in [-0.25, -0.2) is 4.57 Å². The van der Waals surface area contributed by atoms with Crippen molar-refractivity contribution in [1.82, 2.24) is 10.6 Å². The lowest BCUT2D eigenvalue weighted by atomic mass is 9.87. The first-order valence-electron chi connectivity index (χ1n) is 10.5. The van der Waals surface area contributed by atoms with Crippen LogP contribution in [0, 0.1) is 5.41 Å². The van der Waals surface area contributed by atoms with Crippen LogP contribution in [0.1, 0.15) is 59.3 Å². The van der Waals surface area contributed by atoms with Gasteiger partial charge in [0.1, 0.15) is 6.10 Å².